The third-order valence-electron chi connectivity index (χ3n) is 2.69. The zero-order chi connectivity index (χ0) is 19.7. The van der Waals surface area contributed by atoms with Crippen LogP contribution in [0.3, 0.4) is 0 Å². The van der Waals surface area contributed by atoms with Gasteiger partial charge in [0.1, 0.15) is 6.04 Å². The van der Waals surface area contributed by atoms with Crippen molar-refractivity contribution >= 4 is 17.8 Å². The Morgan fingerprint density at radius 2 is 1.48 bits per heavy atom. The summed E-state index contributed by atoms with van der Waals surface area (Å²) in [6.45, 7) is 0.890. The summed E-state index contributed by atoms with van der Waals surface area (Å²) in [4.78, 5) is 33.0. The molecule has 0 aromatic heterocycles. The smallest absolute Gasteiger partial charge is 0.464 e. The van der Waals surface area contributed by atoms with Crippen LogP contribution in [0.4, 0.5) is 26.3 Å². The first kappa shape index (κ1) is 23.0. The SMILES string of the molecule is CCCCOC(=O)C(CCCOC(=O)C(F)(F)F)NC(=O)C(F)(F)F. The van der Waals surface area contributed by atoms with E-state index >= 15 is 0 Å². The number of alkyl halides is 6. The molecule has 6 nitrogen and oxygen atoms in total. The number of nitrogens with one attached hydrogen (secondary N) is 1. The molecule has 0 rings (SSSR count). The second-order valence-corrected chi connectivity index (χ2v) is 4.82. The van der Waals surface area contributed by atoms with Crippen LogP contribution in [-0.4, -0.2) is 49.5 Å². The standard InChI is InChI=1S/C13H17F6NO5/c1-2-3-6-24-9(21)8(20-10(22)12(14,15)16)5-4-7-25-11(23)13(17,18)19/h8H,2-7H2,1H3,(H,20,22). The predicted molar refractivity (Wildman–Crippen MR) is 70.1 cm³/mol. The summed E-state index contributed by atoms with van der Waals surface area (Å²) in [5.41, 5.74) is 0. The average molecular weight is 381 g/mol. The molecule has 1 atom stereocenters. The number of esters is 2. The number of hydrogen-bond donors (Lipinski definition) is 1. The highest BCUT2D eigenvalue weighted by Crippen LogP contribution is 2.17. The number of halogens is 6. The Balaban J connectivity index is 4.60. The zero-order valence-electron chi connectivity index (χ0n) is 13.1. The van der Waals surface area contributed by atoms with E-state index in [9.17, 15) is 40.7 Å². The van der Waals surface area contributed by atoms with Crippen molar-refractivity contribution in [1.82, 2.24) is 5.32 Å². The van der Waals surface area contributed by atoms with Gasteiger partial charge in [-0.05, 0) is 19.3 Å². The molecule has 1 unspecified atom stereocenters. The van der Waals surface area contributed by atoms with Gasteiger partial charge in [0.15, 0.2) is 0 Å². The second kappa shape index (κ2) is 10.1. The maximum Gasteiger partial charge on any atom is 0.490 e. The van der Waals surface area contributed by atoms with E-state index in [1.807, 2.05) is 0 Å². The first-order chi connectivity index (χ1) is 11.4. The number of carbonyl (C=O) groups excluding carboxylic acids is 3. The summed E-state index contributed by atoms with van der Waals surface area (Å²) >= 11 is 0. The summed E-state index contributed by atoms with van der Waals surface area (Å²) in [6, 6.07) is -1.73. The van der Waals surface area contributed by atoms with E-state index in [-0.39, 0.29) is 6.61 Å². The molecule has 0 aliphatic carbocycles. The van der Waals surface area contributed by atoms with Crippen molar-refractivity contribution in [2.45, 2.75) is 51.0 Å². The van der Waals surface area contributed by atoms with Gasteiger partial charge in [0.25, 0.3) is 0 Å². The lowest BCUT2D eigenvalue weighted by atomic mass is 10.1. The monoisotopic (exact) mass is 381 g/mol. The van der Waals surface area contributed by atoms with Crippen molar-refractivity contribution in [1.29, 1.82) is 0 Å². The number of amides is 1. The maximum atomic E-state index is 12.2. The molecule has 25 heavy (non-hydrogen) atoms. The minimum absolute atomic E-state index is 0.0865. The summed E-state index contributed by atoms with van der Waals surface area (Å²) < 4.78 is 81.0. The van der Waals surface area contributed by atoms with E-state index in [2.05, 4.69) is 9.47 Å². The number of rotatable bonds is 9. The van der Waals surface area contributed by atoms with Gasteiger partial charge in [-0.25, -0.2) is 9.59 Å². The van der Waals surface area contributed by atoms with Crippen LogP contribution in [0.2, 0.25) is 0 Å². The van der Waals surface area contributed by atoms with Gasteiger partial charge in [-0.15, -0.1) is 0 Å². The molecule has 0 saturated heterocycles. The topological polar surface area (TPSA) is 81.7 Å². The molecule has 0 bridgehead atoms. The lowest BCUT2D eigenvalue weighted by Crippen LogP contribution is -2.47. The van der Waals surface area contributed by atoms with Gasteiger partial charge in [0.05, 0.1) is 13.2 Å². The molecule has 0 aliphatic heterocycles. The summed E-state index contributed by atoms with van der Waals surface area (Å²) in [5, 5.41) is 1.40. The molecule has 146 valence electrons. The number of ether oxygens (including phenoxy) is 2. The van der Waals surface area contributed by atoms with Crippen molar-refractivity contribution in [2.24, 2.45) is 0 Å². The second-order valence-electron chi connectivity index (χ2n) is 4.82. The largest absolute Gasteiger partial charge is 0.490 e. The van der Waals surface area contributed by atoms with Gasteiger partial charge in [0, 0.05) is 0 Å². The van der Waals surface area contributed by atoms with E-state index in [1.165, 1.54) is 5.32 Å². The van der Waals surface area contributed by atoms with Crippen LogP contribution in [0.5, 0.6) is 0 Å². The van der Waals surface area contributed by atoms with Gasteiger partial charge in [-0.3, -0.25) is 4.79 Å². The summed E-state index contributed by atoms with van der Waals surface area (Å²) in [5.74, 6) is -6.01. The van der Waals surface area contributed by atoms with Gasteiger partial charge < -0.3 is 14.8 Å². The Morgan fingerprint density at radius 1 is 0.920 bits per heavy atom. The molecule has 0 fully saturated rings. The van der Waals surface area contributed by atoms with Crippen molar-refractivity contribution in [3.05, 3.63) is 0 Å². The van der Waals surface area contributed by atoms with Gasteiger partial charge >= 0.3 is 30.2 Å². The van der Waals surface area contributed by atoms with E-state index in [0.717, 1.165) is 0 Å². The van der Waals surface area contributed by atoms with Gasteiger partial charge in [-0.2, -0.15) is 26.3 Å². The third kappa shape index (κ3) is 9.77. The molecular formula is C13H17F6NO5. The Kier molecular flexibility index (Phi) is 9.28. The fourth-order valence-corrected chi connectivity index (χ4v) is 1.44. The van der Waals surface area contributed by atoms with Crippen molar-refractivity contribution < 1.29 is 50.2 Å². The predicted octanol–water partition coefficient (Wildman–Crippen LogP) is 2.26. The normalized spacial score (nSPS) is 13.1. The molecule has 1 amide bonds. The molecule has 12 heteroatoms. The van der Waals surface area contributed by atoms with Crippen LogP contribution in [0.1, 0.15) is 32.6 Å². The highest BCUT2D eigenvalue weighted by atomic mass is 19.4. The Morgan fingerprint density at radius 3 is 1.96 bits per heavy atom. The fourth-order valence-electron chi connectivity index (χ4n) is 1.44. The van der Waals surface area contributed by atoms with Crippen LogP contribution in [0.15, 0.2) is 0 Å². The van der Waals surface area contributed by atoms with Gasteiger partial charge in [0.2, 0.25) is 0 Å². The van der Waals surface area contributed by atoms with Crippen molar-refractivity contribution in [2.75, 3.05) is 13.2 Å². The minimum atomic E-state index is -5.25. The fraction of sp³-hybridized carbons (Fsp3) is 0.769. The average Bonchev–Trinajstić information content (AvgIpc) is 2.47. The number of unbranched alkanes of at least 4 members (excludes halogenated alkanes) is 1. The minimum Gasteiger partial charge on any atom is -0.464 e. The molecular weight excluding hydrogens is 364 g/mol. The molecule has 0 radical (unpaired) electrons. The molecule has 0 aromatic carbocycles. The first-order valence-corrected chi connectivity index (χ1v) is 7.17. The molecule has 0 spiro atoms. The molecule has 0 aliphatic rings. The van der Waals surface area contributed by atoms with Gasteiger partial charge in [-0.1, -0.05) is 13.3 Å². The van der Waals surface area contributed by atoms with Crippen LogP contribution in [0.25, 0.3) is 0 Å². The Hall–Kier alpha value is -2.01. The van der Waals surface area contributed by atoms with E-state index in [0.29, 0.717) is 12.8 Å². The maximum absolute atomic E-state index is 12.2. The zero-order valence-corrected chi connectivity index (χ0v) is 13.1. The Bertz CT molecular complexity index is 463. The summed E-state index contributed by atoms with van der Waals surface area (Å²) in [6.07, 6.45) is -10.3. The summed E-state index contributed by atoms with van der Waals surface area (Å²) in [7, 11) is 0. The van der Waals surface area contributed by atoms with Crippen LogP contribution < -0.4 is 5.32 Å². The van der Waals surface area contributed by atoms with Crippen LogP contribution >= 0.6 is 0 Å². The quantitative estimate of drug-likeness (QED) is 0.376. The lowest BCUT2D eigenvalue weighted by Gasteiger charge is -2.18. The van der Waals surface area contributed by atoms with E-state index < -0.39 is 55.7 Å². The number of hydrogen-bond acceptors (Lipinski definition) is 5. The lowest BCUT2D eigenvalue weighted by molar-refractivity contribution is -0.199. The van der Waals surface area contributed by atoms with Crippen molar-refractivity contribution in [3.8, 4) is 0 Å². The highest BCUT2D eigenvalue weighted by Gasteiger charge is 2.42. The first-order valence-electron chi connectivity index (χ1n) is 7.17. The van der Waals surface area contributed by atoms with Crippen LogP contribution in [-0.2, 0) is 23.9 Å². The molecule has 0 aromatic rings. The van der Waals surface area contributed by atoms with Crippen LogP contribution in [0, 0.1) is 0 Å². The number of carbonyl (C=O) groups is 3. The van der Waals surface area contributed by atoms with E-state index in [4.69, 9.17) is 0 Å². The third-order valence-corrected chi connectivity index (χ3v) is 2.69. The molecule has 1 N–H and O–H groups in total. The highest BCUT2D eigenvalue weighted by molar-refractivity contribution is 5.87. The Labute approximate surface area is 138 Å². The van der Waals surface area contributed by atoms with Crippen molar-refractivity contribution in [3.63, 3.8) is 0 Å². The molecule has 0 heterocycles. The van der Waals surface area contributed by atoms with E-state index in [1.54, 1.807) is 6.92 Å². The molecule has 0 saturated carbocycles.